The van der Waals surface area contributed by atoms with E-state index in [1.807, 2.05) is 30.2 Å². The maximum atomic E-state index is 12.2. The minimum Gasteiger partial charge on any atom is -0.339 e. The van der Waals surface area contributed by atoms with Crippen LogP contribution in [-0.4, -0.2) is 34.9 Å². The Balaban J connectivity index is 1.60. The van der Waals surface area contributed by atoms with Crippen molar-refractivity contribution in [3.63, 3.8) is 0 Å². The zero-order valence-electron chi connectivity index (χ0n) is 12.4. The van der Waals surface area contributed by atoms with E-state index in [0.717, 1.165) is 35.9 Å². The van der Waals surface area contributed by atoms with Crippen LogP contribution in [0, 0.1) is 0 Å². The Labute approximate surface area is 125 Å². The molecule has 0 radical (unpaired) electrons. The van der Waals surface area contributed by atoms with Crippen molar-refractivity contribution in [3.05, 3.63) is 42.1 Å². The summed E-state index contributed by atoms with van der Waals surface area (Å²) in [7, 11) is 0. The van der Waals surface area contributed by atoms with Gasteiger partial charge in [0.15, 0.2) is 0 Å². The van der Waals surface area contributed by atoms with Crippen LogP contribution < -0.4 is 5.32 Å². The zero-order chi connectivity index (χ0) is 14.7. The lowest BCUT2D eigenvalue weighted by Gasteiger charge is -2.20. The van der Waals surface area contributed by atoms with E-state index in [1.54, 1.807) is 0 Å². The van der Waals surface area contributed by atoms with Crippen molar-refractivity contribution in [2.75, 3.05) is 13.1 Å². The maximum Gasteiger partial charge on any atom is 0.236 e. The smallest absolute Gasteiger partial charge is 0.236 e. The Hall–Kier alpha value is -1.94. The predicted octanol–water partition coefficient (Wildman–Crippen LogP) is 2.34. The number of carbonyl (C=O) groups is 1. The van der Waals surface area contributed by atoms with Gasteiger partial charge in [-0.05, 0) is 31.4 Å². The summed E-state index contributed by atoms with van der Waals surface area (Å²) in [6.45, 7) is 3.92. The van der Waals surface area contributed by atoms with Crippen molar-refractivity contribution in [3.8, 4) is 0 Å². The van der Waals surface area contributed by atoms with Gasteiger partial charge in [-0.15, -0.1) is 0 Å². The summed E-state index contributed by atoms with van der Waals surface area (Å²) in [6, 6.07) is 10.6. The summed E-state index contributed by atoms with van der Waals surface area (Å²) in [6.07, 6.45) is 4.13. The zero-order valence-corrected chi connectivity index (χ0v) is 12.4. The maximum absolute atomic E-state index is 12.2. The molecule has 0 aliphatic heterocycles. The average molecular weight is 283 g/mol. The first-order chi connectivity index (χ1) is 10.3. The first-order valence-electron chi connectivity index (χ1n) is 7.62. The quantitative estimate of drug-likeness (QED) is 0.885. The van der Waals surface area contributed by atoms with Crippen molar-refractivity contribution >= 4 is 16.8 Å². The van der Waals surface area contributed by atoms with Crippen molar-refractivity contribution in [2.24, 2.45) is 0 Å². The lowest BCUT2D eigenvalue weighted by atomic mass is 10.1. The number of fused-ring (bicyclic) bond motifs is 1. The van der Waals surface area contributed by atoms with E-state index in [4.69, 9.17) is 0 Å². The number of para-hydroxylation sites is 1. The van der Waals surface area contributed by atoms with Gasteiger partial charge in [-0.3, -0.25) is 9.78 Å². The number of nitrogens with zero attached hydrogens (tertiary/aromatic N) is 2. The summed E-state index contributed by atoms with van der Waals surface area (Å²) < 4.78 is 0. The molecule has 1 aliphatic rings. The van der Waals surface area contributed by atoms with Crippen LogP contribution >= 0.6 is 0 Å². The molecule has 0 atom stereocenters. The van der Waals surface area contributed by atoms with Crippen LogP contribution in [0.3, 0.4) is 0 Å². The highest BCUT2D eigenvalue weighted by Crippen LogP contribution is 2.26. The van der Waals surface area contributed by atoms with Crippen molar-refractivity contribution in [1.29, 1.82) is 0 Å². The van der Waals surface area contributed by atoms with Crippen molar-refractivity contribution < 1.29 is 4.79 Å². The fraction of sp³-hybridized carbons (Fsp3) is 0.412. The van der Waals surface area contributed by atoms with Gasteiger partial charge < -0.3 is 10.2 Å². The highest BCUT2D eigenvalue weighted by molar-refractivity contribution is 5.82. The van der Waals surface area contributed by atoms with E-state index >= 15 is 0 Å². The molecule has 1 N–H and O–H groups in total. The van der Waals surface area contributed by atoms with Crippen LogP contribution in [-0.2, 0) is 11.3 Å². The molecular weight excluding hydrogens is 262 g/mol. The van der Waals surface area contributed by atoms with Gasteiger partial charge in [0, 0.05) is 30.7 Å². The van der Waals surface area contributed by atoms with Gasteiger partial charge in [0.1, 0.15) is 0 Å². The van der Waals surface area contributed by atoms with Crippen LogP contribution in [0.5, 0.6) is 0 Å². The van der Waals surface area contributed by atoms with E-state index in [2.05, 4.69) is 28.5 Å². The number of hydrogen-bond donors (Lipinski definition) is 1. The molecule has 1 heterocycles. The average Bonchev–Trinajstić information content (AvgIpc) is 3.33. The van der Waals surface area contributed by atoms with E-state index in [0.29, 0.717) is 19.1 Å². The molecule has 1 saturated carbocycles. The Kier molecular flexibility index (Phi) is 4.15. The lowest BCUT2D eigenvalue weighted by molar-refractivity contribution is -0.130. The van der Waals surface area contributed by atoms with Gasteiger partial charge in [-0.25, -0.2) is 0 Å². The van der Waals surface area contributed by atoms with Gasteiger partial charge in [0.05, 0.1) is 12.1 Å². The Morgan fingerprint density at radius 1 is 1.33 bits per heavy atom. The van der Waals surface area contributed by atoms with Gasteiger partial charge >= 0.3 is 0 Å². The summed E-state index contributed by atoms with van der Waals surface area (Å²) >= 11 is 0. The normalized spacial score (nSPS) is 14.3. The number of rotatable bonds is 6. The second kappa shape index (κ2) is 6.22. The molecular formula is C17H21N3O. The largest absolute Gasteiger partial charge is 0.339 e. The van der Waals surface area contributed by atoms with E-state index < -0.39 is 0 Å². The van der Waals surface area contributed by atoms with Crippen LogP contribution in [0.15, 0.2) is 36.5 Å². The fourth-order valence-corrected chi connectivity index (χ4v) is 2.74. The molecule has 0 spiro atoms. The predicted molar refractivity (Wildman–Crippen MR) is 83.9 cm³/mol. The van der Waals surface area contributed by atoms with Crippen LogP contribution in [0.4, 0.5) is 0 Å². The number of carbonyl (C=O) groups excluding carboxylic acids is 1. The van der Waals surface area contributed by atoms with Crippen LogP contribution in [0.2, 0.25) is 0 Å². The third-order valence-electron chi connectivity index (χ3n) is 3.96. The molecule has 110 valence electrons. The van der Waals surface area contributed by atoms with Crippen LogP contribution in [0.1, 0.15) is 25.3 Å². The Morgan fingerprint density at radius 2 is 2.14 bits per heavy atom. The number of aromatic nitrogens is 1. The minimum absolute atomic E-state index is 0.202. The van der Waals surface area contributed by atoms with Gasteiger partial charge in [0.25, 0.3) is 0 Å². The highest BCUT2D eigenvalue weighted by atomic mass is 16.2. The van der Waals surface area contributed by atoms with Crippen molar-refractivity contribution in [1.82, 2.24) is 15.2 Å². The first-order valence-corrected chi connectivity index (χ1v) is 7.62. The fourth-order valence-electron chi connectivity index (χ4n) is 2.74. The second-order valence-corrected chi connectivity index (χ2v) is 5.51. The lowest BCUT2D eigenvalue weighted by Crippen LogP contribution is -2.39. The van der Waals surface area contributed by atoms with Crippen molar-refractivity contribution in [2.45, 2.75) is 32.4 Å². The molecule has 1 aliphatic carbocycles. The summed E-state index contributed by atoms with van der Waals surface area (Å²) in [4.78, 5) is 18.6. The number of benzene rings is 1. The minimum atomic E-state index is 0.202. The summed E-state index contributed by atoms with van der Waals surface area (Å²) in [5.41, 5.74) is 2.14. The molecule has 4 heteroatoms. The van der Waals surface area contributed by atoms with Gasteiger partial charge in [0.2, 0.25) is 5.91 Å². The first kappa shape index (κ1) is 14.0. The third kappa shape index (κ3) is 3.22. The SMILES string of the molecule is CCN(C(=O)CNCc1cccc2cccnc12)C1CC1. The topological polar surface area (TPSA) is 45.2 Å². The molecule has 1 amide bonds. The number of amides is 1. The molecule has 1 fully saturated rings. The number of nitrogens with one attached hydrogen (secondary N) is 1. The second-order valence-electron chi connectivity index (χ2n) is 5.51. The molecule has 2 aromatic rings. The molecule has 0 saturated heterocycles. The molecule has 0 bridgehead atoms. The molecule has 3 rings (SSSR count). The standard InChI is InChI=1S/C17H21N3O/c1-2-20(15-8-9-15)16(21)12-18-11-14-6-3-5-13-7-4-10-19-17(13)14/h3-7,10,15,18H,2,8-9,11-12H2,1H3. The molecule has 1 aromatic heterocycles. The highest BCUT2D eigenvalue weighted by Gasteiger charge is 2.30. The molecule has 4 nitrogen and oxygen atoms in total. The third-order valence-corrected chi connectivity index (χ3v) is 3.96. The van der Waals surface area contributed by atoms with E-state index in [1.165, 1.54) is 0 Å². The number of pyridine rings is 1. The number of likely N-dealkylation sites (N-methyl/N-ethyl adjacent to an activating group) is 1. The van der Waals surface area contributed by atoms with Gasteiger partial charge in [-0.1, -0.05) is 24.3 Å². The van der Waals surface area contributed by atoms with Gasteiger partial charge in [-0.2, -0.15) is 0 Å². The van der Waals surface area contributed by atoms with Crippen LogP contribution in [0.25, 0.3) is 10.9 Å². The van der Waals surface area contributed by atoms with E-state index in [-0.39, 0.29) is 5.91 Å². The molecule has 1 aromatic carbocycles. The summed E-state index contributed by atoms with van der Waals surface area (Å²) in [5, 5.41) is 4.40. The molecule has 21 heavy (non-hydrogen) atoms. The van der Waals surface area contributed by atoms with E-state index in [9.17, 15) is 4.79 Å². The summed E-state index contributed by atoms with van der Waals surface area (Å²) in [5.74, 6) is 0.202. The Morgan fingerprint density at radius 3 is 2.90 bits per heavy atom. The molecule has 0 unspecified atom stereocenters. The Bertz CT molecular complexity index is 631. The number of hydrogen-bond acceptors (Lipinski definition) is 3. The monoisotopic (exact) mass is 283 g/mol.